The van der Waals surface area contributed by atoms with Gasteiger partial charge in [0.25, 0.3) is 0 Å². The smallest absolute Gasteiger partial charge is 0.00390 e. The van der Waals surface area contributed by atoms with Crippen molar-refractivity contribution in [1.29, 1.82) is 0 Å². The van der Waals surface area contributed by atoms with Crippen LogP contribution < -0.4 is 5.32 Å². The van der Waals surface area contributed by atoms with Crippen LogP contribution in [0.1, 0.15) is 40.0 Å². The van der Waals surface area contributed by atoms with Crippen molar-refractivity contribution in [3.63, 3.8) is 0 Å². The van der Waals surface area contributed by atoms with Gasteiger partial charge in [-0.05, 0) is 58.2 Å². The van der Waals surface area contributed by atoms with Crippen molar-refractivity contribution in [3.8, 4) is 0 Å². The maximum Gasteiger partial charge on any atom is 0.00390 e. The van der Waals surface area contributed by atoms with Gasteiger partial charge in [-0.15, -0.1) is 0 Å². The number of rotatable bonds is 8. The molecular weight excluding hydrogens is 184 g/mol. The van der Waals surface area contributed by atoms with Crippen molar-refractivity contribution >= 4 is 0 Å². The highest BCUT2D eigenvalue weighted by Gasteiger charge is 2.32. The molecule has 90 valence electrons. The molecule has 0 heterocycles. The Balaban J connectivity index is 1.94. The molecule has 1 rings (SSSR count). The Morgan fingerprint density at radius 1 is 1.47 bits per heavy atom. The standard InChI is InChI=1S/C13H28N2/c1-5-14-12(3)7-6-8-15(4)10-13-9-11(13)2/h11-14H,5-10H2,1-4H3. The van der Waals surface area contributed by atoms with Gasteiger partial charge < -0.3 is 10.2 Å². The van der Waals surface area contributed by atoms with E-state index in [1.165, 1.54) is 32.4 Å². The summed E-state index contributed by atoms with van der Waals surface area (Å²) in [6.07, 6.45) is 4.09. The highest BCUT2D eigenvalue weighted by molar-refractivity contribution is 4.84. The first-order valence-corrected chi connectivity index (χ1v) is 6.55. The highest BCUT2D eigenvalue weighted by atomic mass is 15.1. The molecule has 0 aromatic rings. The Morgan fingerprint density at radius 3 is 2.67 bits per heavy atom. The zero-order valence-corrected chi connectivity index (χ0v) is 10.9. The van der Waals surface area contributed by atoms with Crippen molar-refractivity contribution < 1.29 is 0 Å². The van der Waals surface area contributed by atoms with Gasteiger partial charge in [-0.25, -0.2) is 0 Å². The highest BCUT2D eigenvalue weighted by Crippen LogP contribution is 2.37. The molecule has 0 aromatic heterocycles. The van der Waals surface area contributed by atoms with Gasteiger partial charge in [0.2, 0.25) is 0 Å². The van der Waals surface area contributed by atoms with Gasteiger partial charge in [-0.2, -0.15) is 0 Å². The maximum atomic E-state index is 3.46. The Hall–Kier alpha value is -0.0800. The minimum absolute atomic E-state index is 0.684. The predicted molar refractivity (Wildman–Crippen MR) is 67.1 cm³/mol. The van der Waals surface area contributed by atoms with Crippen LogP contribution in [0.2, 0.25) is 0 Å². The molecule has 0 bridgehead atoms. The lowest BCUT2D eigenvalue weighted by molar-refractivity contribution is 0.301. The quantitative estimate of drug-likeness (QED) is 0.664. The fourth-order valence-corrected chi connectivity index (χ4v) is 2.26. The van der Waals surface area contributed by atoms with Crippen LogP contribution in [0.25, 0.3) is 0 Å². The fraction of sp³-hybridized carbons (Fsp3) is 1.00. The summed E-state index contributed by atoms with van der Waals surface area (Å²) in [6, 6.07) is 0.684. The SMILES string of the molecule is CCNC(C)CCCN(C)CC1CC1C. The first kappa shape index (κ1) is 13.0. The van der Waals surface area contributed by atoms with Gasteiger partial charge >= 0.3 is 0 Å². The zero-order chi connectivity index (χ0) is 11.3. The summed E-state index contributed by atoms with van der Waals surface area (Å²) >= 11 is 0. The molecular formula is C13H28N2. The van der Waals surface area contributed by atoms with E-state index in [2.05, 4.69) is 38.0 Å². The van der Waals surface area contributed by atoms with Crippen LogP contribution in [0.5, 0.6) is 0 Å². The molecule has 1 saturated carbocycles. The largest absolute Gasteiger partial charge is 0.315 e. The molecule has 0 spiro atoms. The van der Waals surface area contributed by atoms with Crippen LogP contribution in [0.3, 0.4) is 0 Å². The van der Waals surface area contributed by atoms with Crippen LogP contribution in [0, 0.1) is 11.8 Å². The molecule has 1 N–H and O–H groups in total. The van der Waals surface area contributed by atoms with Gasteiger partial charge in [0.05, 0.1) is 0 Å². The van der Waals surface area contributed by atoms with E-state index >= 15 is 0 Å². The summed E-state index contributed by atoms with van der Waals surface area (Å²) in [5.74, 6) is 1.99. The molecule has 3 unspecified atom stereocenters. The molecule has 3 atom stereocenters. The fourth-order valence-electron chi connectivity index (χ4n) is 2.26. The number of nitrogens with one attached hydrogen (secondary N) is 1. The average Bonchev–Trinajstić information content (AvgIpc) is 2.82. The summed E-state index contributed by atoms with van der Waals surface area (Å²) in [6.45, 7) is 10.5. The van der Waals surface area contributed by atoms with Crippen molar-refractivity contribution in [2.75, 3.05) is 26.7 Å². The van der Waals surface area contributed by atoms with Gasteiger partial charge in [0, 0.05) is 12.6 Å². The maximum absolute atomic E-state index is 3.46. The first-order valence-electron chi connectivity index (χ1n) is 6.55. The monoisotopic (exact) mass is 212 g/mol. The summed E-state index contributed by atoms with van der Waals surface area (Å²) in [5.41, 5.74) is 0. The summed E-state index contributed by atoms with van der Waals surface area (Å²) in [4.78, 5) is 2.51. The van der Waals surface area contributed by atoms with Crippen molar-refractivity contribution in [2.45, 2.75) is 46.1 Å². The first-order chi connectivity index (χ1) is 7.13. The molecule has 0 aromatic carbocycles. The third-order valence-corrected chi connectivity index (χ3v) is 3.55. The van der Waals surface area contributed by atoms with E-state index in [-0.39, 0.29) is 0 Å². The molecule has 1 fully saturated rings. The molecule has 1 aliphatic carbocycles. The van der Waals surface area contributed by atoms with Crippen LogP contribution >= 0.6 is 0 Å². The zero-order valence-electron chi connectivity index (χ0n) is 10.9. The lowest BCUT2D eigenvalue weighted by Crippen LogP contribution is -2.28. The molecule has 2 nitrogen and oxygen atoms in total. The van der Waals surface area contributed by atoms with Crippen LogP contribution in [-0.4, -0.2) is 37.6 Å². The second kappa shape index (κ2) is 6.49. The molecule has 2 heteroatoms. The van der Waals surface area contributed by atoms with Crippen molar-refractivity contribution in [1.82, 2.24) is 10.2 Å². The molecule has 0 amide bonds. The minimum atomic E-state index is 0.684. The third kappa shape index (κ3) is 5.53. The van der Waals surface area contributed by atoms with Gasteiger partial charge in [0.1, 0.15) is 0 Å². The van der Waals surface area contributed by atoms with Crippen LogP contribution in [0.15, 0.2) is 0 Å². The van der Waals surface area contributed by atoms with E-state index in [1.807, 2.05) is 0 Å². The number of hydrogen-bond donors (Lipinski definition) is 1. The Morgan fingerprint density at radius 2 is 2.13 bits per heavy atom. The van der Waals surface area contributed by atoms with Crippen molar-refractivity contribution in [2.24, 2.45) is 11.8 Å². The summed E-state index contributed by atoms with van der Waals surface area (Å²) in [5, 5.41) is 3.46. The Labute approximate surface area is 95.4 Å². The van der Waals surface area contributed by atoms with Crippen molar-refractivity contribution in [3.05, 3.63) is 0 Å². The lowest BCUT2D eigenvalue weighted by Gasteiger charge is -2.18. The van der Waals surface area contributed by atoms with E-state index in [1.54, 1.807) is 0 Å². The normalized spacial score (nSPS) is 27.0. The number of hydrogen-bond acceptors (Lipinski definition) is 2. The lowest BCUT2D eigenvalue weighted by atomic mass is 10.1. The van der Waals surface area contributed by atoms with E-state index in [4.69, 9.17) is 0 Å². The molecule has 1 aliphatic rings. The van der Waals surface area contributed by atoms with E-state index in [9.17, 15) is 0 Å². The molecule has 0 saturated heterocycles. The topological polar surface area (TPSA) is 15.3 Å². The van der Waals surface area contributed by atoms with Crippen LogP contribution in [-0.2, 0) is 0 Å². The second-order valence-electron chi connectivity index (χ2n) is 5.34. The minimum Gasteiger partial charge on any atom is -0.315 e. The second-order valence-corrected chi connectivity index (χ2v) is 5.34. The third-order valence-electron chi connectivity index (χ3n) is 3.55. The van der Waals surface area contributed by atoms with Gasteiger partial charge in [0.15, 0.2) is 0 Å². The Kier molecular flexibility index (Phi) is 5.62. The number of nitrogens with zero attached hydrogens (tertiary/aromatic N) is 1. The summed E-state index contributed by atoms with van der Waals surface area (Å²) < 4.78 is 0. The Bertz CT molecular complexity index is 170. The van der Waals surface area contributed by atoms with Gasteiger partial charge in [-0.3, -0.25) is 0 Å². The predicted octanol–water partition coefficient (Wildman–Crippen LogP) is 2.35. The molecule has 0 radical (unpaired) electrons. The molecule has 15 heavy (non-hydrogen) atoms. The molecule has 0 aliphatic heterocycles. The van der Waals surface area contributed by atoms with Crippen LogP contribution in [0.4, 0.5) is 0 Å². The van der Waals surface area contributed by atoms with E-state index < -0.39 is 0 Å². The van der Waals surface area contributed by atoms with E-state index in [0.717, 1.165) is 18.4 Å². The van der Waals surface area contributed by atoms with Gasteiger partial charge in [-0.1, -0.05) is 13.8 Å². The van der Waals surface area contributed by atoms with E-state index in [0.29, 0.717) is 6.04 Å². The summed E-state index contributed by atoms with van der Waals surface area (Å²) in [7, 11) is 2.27. The average molecular weight is 212 g/mol.